The van der Waals surface area contributed by atoms with Gasteiger partial charge in [0.2, 0.25) is 5.91 Å². The number of para-hydroxylation sites is 1. The van der Waals surface area contributed by atoms with Gasteiger partial charge in [-0.2, -0.15) is 0 Å². The van der Waals surface area contributed by atoms with Crippen molar-refractivity contribution in [1.29, 1.82) is 0 Å². The van der Waals surface area contributed by atoms with Crippen LogP contribution in [0.4, 0.5) is 0 Å². The number of hydrogen-bond acceptors (Lipinski definition) is 3. The molecule has 0 aromatic heterocycles. The maximum atomic E-state index is 11.7. The van der Waals surface area contributed by atoms with Gasteiger partial charge in [0.05, 0.1) is 18.1 Å². The Bertz CT molecular complexity index is 434. The molecule has 4 nitrogen and oxygen atoms in total. The summed E-state index contributed by atoms with van der Waals surface area (Å²) < 4.78 is 5.47. The van der Waals surface area contributed by atoms with Gasteiger partial charge in [-0.25, -0.2) is 0 Å². The summed E-state index contributed by atoms with van der Waals surface area (Å²) in [5, 5.41) is 3.40. The first-order valence-corrected chi connectivity index (χ1v) is 7.31. The summed E-state index contributed by atoms with van der Waals surface area (Å²) in [5.74, 6) is 0.533. The van der Waals surface area contributed by atoms with Crippen molar-refractivity contribution in [1.82, 2.24) is 5.32 Å². The Morgan fingerprint density at radius 3 is 2.60 bits per heavy atom. The molecule has 0 bridgehead atoms. The minimum atomic E-state index is -0.320. The Hall–Kier alpha value is -1.26. The number of nitrogens with one attached hydrogen (secondary N) is 1. The third kappa shape index (κ3) is 5.39. The average molecular weight is 299 g/mol. The molecule has 0 radical (unpaired) electrons. The van der Waals surface area contributed by atoms with E-state index in [0.717, 1.165) is 12.8 Å². The number of hydrogen-bond donors (Lipinski definition) is 2. The molecule has 0 heterocycles. The molecule has 1 aromatic carbocycles. The molecular formula is C15H23ClN2O2. The van der Waals surface area contributed by atoms with Crippen molar-refractivity contribution in [2.45, 2.75) is 38.6 Å². The molecule has 112 valence electrons. The van der Waals surface area contributed by atoms with Crippen LogP contribution < -0.4 is 15.8 Å². The van der Waals surface area contributed by atoms with Gasteiger partial charge in [-0.1, -0.05) is 37.6 Å². The molecule has 0 saturated heterocycles. The van der Waals surface area contributed by atoms with Gasteiger partial charge in [-0.15, -0.1) is 0 Å². The third-order valence-corrected chi connectivity index (χ3v) is 3.78. The van der Waals surface area contributed by atoms with E-state index in [1.54, 1.807) is 12.1 Å². The van der Waals surface area contributed by atoms with Gasteiger partial charge in [-0.3, -0.25) is 4.79 Å². The van der Waals surface area contributed by atoms with Crippen LogP contribution in [0.5, 0.6) is 5.75 Å². The highest BCUT2D eigenvalue weighted by Gasteiger charge is 2.20. The van der Waals surface area contributed by atoms with E-state index in [0.29, 0.717) is 23.9 Å². The van der Waals surface area contributed by atoms with E-state index in [1.807, 2.05) is 26.0 Å². The first-order valence-electron chi connectivity index (χ1n) is 6.93. The second-order valence-electron chi connectivity index (χ2n) is 4.88. The summed E-state index contributed by atoms with van der Waals surface area (Å²) in [7, 11) is 0. The van der Waals surface area contributed by atoms with E-state index in [9.17, 15) is 4.79 Å². The van der Waals surface area contributed by atoms with Gasteiger partial charge >= 0.3 is 0 Å². The average Bonchev–Trinajstić information content (AvgIpc) is 2.47. The lowest BCUT2D eigenvalue weighted by molar-refractivity contribution is -0.121. The van der Waals surface area contributed by atoms with Crippen molar-refractivity contribution in [3.8, 4) is 5.75 Å². The fourth-order valence-electron chi connectivity index (χ4n) is 1.68. The van der Waals surface area contributed by atoms with Gasteiger partial charge in [-0.05, 0) is 25.0 Å². The lowest BCUT2D eigenvalue weighted by Crippen LogP contribution is -2.49. The molecule has 5 heteroatoms. The molecule has 0 atom stereocenters. The summed E-state index contributed by atoms with van der Waals surface area (Å²) in [6, 6.07) is 7.20. The molecule has 0 aliphatic carbocycles. The monoisotopic (exact) mass is 298 g/mol. The molecule has 0 aliphatic heterocycles. The van der Waals surface area contributed by atoms with Crippen molar-refractivity contribution in [2.24, 2.45) is 5.73 Å². The van der Waals surface area contributed by atoms with Crippen molar-refractivity contribution < 1.29 is 9.53 Å². The van der Waals surface area contributed by atoms with E-state index in [4.69, 9.17) is 22.1 Å². The second-order valence-corrected chi connectivity index (χ2v) is 5.28. The van der Waals surface area contributed by atoms with Gasteiger partial charge in [0.1, 0.15) is 5.75 Å². The topological polar surface area (TPSA) is 64.3 Å². The van der Waals surface area contributed by atoms with Crippen LogP contribution >= 0.6 is 11.6 Å². The molecule has 20 heavy (non-hydrogen) atoms. The number of benzene rings is 1. The van der Waals surface area contributed by atoms with Crippen LogP contribution in [0.2, 0.25) is 5.02 Å². The molecule has 1 aromatic rings. The van der Waals surface area contributed by atoms with E-state index >= 15 is 0 Å². The summed E-state index contributed by atoms with van der Waals surface area (Å²) in [4.78, 5) is 11.7. The van der Waals surface area contributed by atoms with Crippen LogP contribution in [0.25, 0.3) is 0 Å². The Morgan fingerprint density at radius 2 is 2.00 bits per heavy atom. The number of carbonyl (C=O) groups excluding carboxylic acids is 1. The predicted octanol–water partition coefficient (Wildman–Crippen LogP) is 2.74. The Balaban J connectivity index is 2.29. The van der Waals surface area contributed by atoms with Crippen LogP contribution in [-0.4, -0.2) is 24.6 Å². The molecule has 0 spiro atoms. The highest BCUT2D eigenvalue weighted by Crippen LogP contribution is 2.23. The van der Waals surface area contributed by atoms with E-state index < -0.39 is 0 Å². The molecule has 1 rings (SSSR count). The SMILES string of the molecule is CCC(N)(CC)CNC(=O)CCOc1ccccc1Cl. The van der Waals surface area contributed by atoms with Gasteiger partial charge in [0.15, 0.2) is 0 Å². The summed E-state index contributed by atoms with van der Waals surface area (Å²) in [6.45, 7) is 4.84. The first-order chi connectivity index (χ1) is 9.50. The lowest BCUT2D eigenvalue weighted by Gasteiger charge is -2.26. The standard InChI is InChI=1S/C15H23ClN2O2/c1-3-15(17,4-2)11-18-14(19)9-10-20-13-8-6-5-7-12(13)16/h5-8H,3-4,9-11,17H2,1-2H3,(H,18,19). The molecule has 0 saturated carbocycles. The van der Waals surface area contributed by atoms with Crippen LogP contribution in [0.1, 0.15) is 33.1 Å². The number of halogens is 1. The fourth-order valence-corrected chi connectivity index (χ4v) is 1.87. The van der Waals surface area contributed by atoms with Crippen LogP contribution in [-0.2, 0) is 4.79 Å². The minimum absolute atomic E-state index is 0.0613. The predicted molar refractivity (Wildman–Crippen MR) is 82.1 cm³/mol. The number of carbonyl (C=O) groups is 1. The van der Waals surface area contributed by atoms with Crippen LogP contribution in [0.15, 0.2) is 24.3 Å². The number of ether oxygens (including phenoxy) is 1. The summed E-state index contributed by atoms with van der Waals surface area (Å²) >= 11 is 5.96. The van der Waals surface area contributed by atoms with Crippen LogP contribution in [0, 0.1) is 0 Å². The zero-order valence-electron chi connectivity index (χ0n) is 12.1. The van der Waals surface area contributed by atoms with Crippen molar-refractivity contribution in [2.75, 3.05) is 13.2 Å². The van der Waals surface area contributed by atoms with Crippen molar-refractivity contribution in [3.05, 3.63) is 29.3 Å². The molecule has 1 amide bonds. The van der Waals surface area contributed by atoms with E-state index in [1.165, 1.54) is 0 Å². The highest BCUT2D eigenvalue weighted by atomic mass is 35.5. The number of rotatable bonds is 8. The van der Waals surface area contributed by atoms with Gasteiger partial charge in [0.25, 0.3) is 0 Å². The van der Waals surface area contributed by atoms with E-state index in [2.05, 4.69) is 5.32 Å². The first kappa shape index (κ1) is 16.8. The summed E-state index contributed by atoms with van der Waals surface area (Å²) in [6.07, 6.45) is 1.95. The minimum Gasteiger partial charge on any atom is -0.491 e. The second kappa shape index (κ2) is 8.12. The van der Waals surface area contributed by atoms with Crippen molar-refractivity contribution in [3.63, 3.8) is 0 Å². The smallest absolute Gasteiger partial charge is 0.223 e. The maximum absolute atomic E-state index is 11.7. The molecule has 0 aliphatic rings. The molecule has 0 unspecified atom stereocenters. The van der Waals surface area contributed by atoms with E-state index in [-0.39, 0.29) is 17.9 Å². The zero-order chi connectivity index (χ0) is 15.0. The highest BCUT2D eigenvalue weighted by molar-refractivity contribution is 6.32. The third-order valence-electron chi connectivity index (χ3n) is 3.47. The van der Waals surface area contributed by atoms with Gasteiger partial charge in [0, 0.05) is 12.1 Å². The number of nitrogens with two attached hydrogens (primary N) is 1. The largest absolute Gasteiger partial charge is 0.491 e. The fraction of sp³-hybridized carbons (Fsp3) is 0.533. The Labute approximate surface area is 125 Å². The molecule has 3 N–H and O–H groups in total. The quantitative estimate of drug-likeness (QED) is 0.775. The molecule has 0 fully saturated rings. The van der Waals surface area contributed by atoms with Crippen LogP contribution in [0.3, 0.4) is 0 Å². The Kier molecular flexibility index (Phi) is 6.82. The zero-order valence-corrected chi connectivity index (χ0v) is 12.9. The number of amides is 1. The normalized spacial score (nSPS) is 11.2. The maximum Gasteiger partial charge on any atom is 0.223 e. The molecular weight excluding hydrogens is 276 g/mol. The summed E-state index contributed by atoms with van der Waals surface area (Å²) in [5.41, 5.74) is 5.80. The van der Waals surface area contributed by atoms with Gasteiger partial charge < -0.3 is 15.8 Å². The Morgan fingerprint density at radius 1 is 1.35 bits per heavy atom. The lowest BCUT2D eigenvalue weighted by atomic mass is 9.94. The van der Waals surface area contributed by atoms with Crippen molar-refractivity contribution >= 4 is 17.5 Å².